The fourth-order valence-corrected chi connectivity index (χ4v) is 1.43. The predicted octanol–water partition coefficient (Wildman–Crippen LogP) is 5.33. The second-order valence-electron chi connectivity index (χ2n) is 5.07. The average molecular weight is 258 g/mol. The van der Waals surface area contributed by atoms with E-state index < -0.39 is 0 Å². The lowest BCUT2D eigenvalue weighted by Gasteiger charge is -1.96. The van der Waals surface area contributed by atoms with Crippen LogP contribution in [0.1, 0.15) is 47.5 Å². The predicted molar refractivity (Wildman–Crippen MR) is 85.1 cm³/mol. The Hall–Kier alpha value is -1.63. The highest BCUT2D eigenvalue weighted by molar-refractivity contribution is 5.87. The molecule has 0 saturated heterocycles. The van der Waals surface area contributed by atoms with Crippen molar-refractivity contribution in [1.29, 1.82) is 0 Å². The second kappa shape index (κ2) is 10.3. The molecular weight excluding hydrogens is 232 g/mol. The topological polar surface area (TPSA) is 17.1 Å². The van der Waals surface area contributed by atoms with E-state index in [-0.39, 0.29) is 5.78 Å². The van der Waals surface area contributed by atoms with E-state index in [0.717, 1.165) is 18.4 Å². The van der Waals surface area contributed by atoms with Gasteiger partial charge in [0.15, 0.2) is 5.78 Å². The lowest BCUT2D eigenvalue weighted by atomic mass is 10.1. The molecule has 0 heterocycles. The van der Waals surface area contributed by atoms with Gasteiger partial charge in [0.1, 0.15) is 0 Å². The molecule has 1 heteroatoms. The maximum Gasteiger partial charge on any atom is 0.152 e. The summed E-state index contributed by atoms with van der Waals surface area (Å²) in [5.74, 6) is 0.0723. The minimum absolute atomic E-state index is 0.0723. The highest BCUT2D eigenvalue weighted by Gasteiger charge is 1.87. The van der Waals surface area contributed by atoms with Crippen LogP contribution in [0.5, 0.6) is 0 Å². The van der Waals surface area contributed by atoms with Gasteiger partial charge in [0.25, 0.3) is 0 Å². The highest BCUT2D eigenvalue weighted by Crippen LogP contribution is 2.07. The molecule has 0 radical (unpaired) electrons. The third-order valence-electron chi connectivity index (χ3n) is 2.52. The Labute approximate surface area is 118 Å². The van der Waals surface area contributed by atoms with Crippen molar-refractivity contribution in [3.63, 3.8) is 0 Å². The third kappa shape index (κ3) is 12.6. The molecule has 1 nitrogen and oxygen atoms in total. The molecule has 0 aromatic carbocycles. The Kier molecular flexibility index (Phi) is 9.42. The summed E-state index contributed by atoms with van der Waals surface area (Å²) < 4.78 is 0. The van der Waals surface area contributed by atoms with Crippen molar-refractivity contribution in [1.82, 2.24) is 0 Å². The molecule has 0 amide bonds. The lowest BCUT2D eigenvalue weighted by Crippen LogP contribution is -1.78. The summed E-state index contributed by atoms with van der Waals surface area (Å²) >= 11 is 0. The molecule has 0 aliphatic rings. The number of allylic oxidation sites excluding steroid dienone is 10. The molecule has 0 fully saturated rings. The van der Waals surface area contributed by atoms with Crippen molar-refractivity contribution in [2.75, 3.05) is 0 Å². The smallest absolute Gasteiger partial charge is 0.152 e. The van der Waals surface area contributed by atoms with Crippen LogP contribution in [-0.2, 0) is 4.79 Å². The molecule has 0 aromatic rings. The summed E-state index contributed by atoms with van der Waals surface area (Å²) in [6, 6.07) is 0. The summed E-state index contributed by atoms with van der Waals surface area (Å²) in [4.78, 5) is 10.7. The highest BCUT2D eigenvalue weighted by atomic mass is 16.1. The van der Waals surface area contributed by atoms with Crippen LogP contribution < -0.4 is 0 Å². The van der Waals surface area contributed by atoms with Crippen LogP contribution in [0.25, 0.3) is 0 Å². The standard InChI is InChI=1S/C18H26O/c1-15(2)9-6-10-16(3)11-7-12-17(4)13-8-14-18(5)19/h7-9,11-14H,6,10H2,1-5H3/b12-7-,14-8+,16-11+,17-13-. The molecule has 0 aliphatic heterocycles. The number of carbonyl (C=O) groups excluding carboxylic acids is 1. The van der Waals surface area contributed by atoms with Gasteiger partial charge in [-0.25, -0.2) is 0 Å². The van der Waals surface area contributed by atoms with Crippen molar-refractivity contribution in [2.45, 2.75) is 47.5 Å². The van der Waals surface area contributed by atoms with Crippen molar-refractivity contribution < 1.29 is 4.79 Å². The van der Waals surface area contributed by atoms with E-state index in [9.17, 15) is 4.79 Å². The van der Waals surface area contributed by atoms with E-state index in [1.54, 1.807) is 19.1 Å². The first-order chi connectivity index (χ1) is 8.91. The lowest BCUT2D eigenvalue weighted by molar-refractivity contribution is -0.112. The third-order valence-corrected chi connectivity index (χ3v) is 2.52. The Bertz CT molecular complexity index is 425. The molecular formula is C18H26O. The number of rotatable bonds is 7. The van der Waals surface area contributed by atoms with E-state index >= 15 is 0 Å². The van der Waals surface area contributed by atoms with Crippen molar-refractivity contribution in [3.8, 4) is 0 Å². The van der Waals surface area contributed by atoms with Gasteiger partial charge in [-0.15, -0.1) is 0 Å². The summed E-state index contributed by atoms with van der Waals surface area (Å²) in [7, 11) is 0. The summed E-state index contributed by atoms with van der Waals surface area (Å²) in [6.45, 7) is 9.97. The fourth-order valence-electron chi connectivity index (χ4n) is 1.43. The largest absolute Gasteiger partial charge is 0.295 e. The molecule has 0 N–H and O–H groups in total. The normalized spacial score (nSPS) is 13.3. The molecule has 0 bridgehead atoms. The zero-order valence-corrected chi connectivity index (χ0v) is 12.9. The fraction of sp³-hybridized carbons (Fsp3) is 0.389. The van der Waals surface area contributed by atoms with Gasteiger partial charge < -0.3 is 0 Å². The zero-order valence-electron chi connectivity index (χ0n) is 12.9. The Morgan fingerprint density at radius 1 is 0.895 bits per heavy atom. The van der Waals surface area contributed by atoms with Crippen LogP contribution in [0, 0.1) is 0 Å². The van der Waals surface area contributed by atoms with Gasteiger partial charge in [-0.3, -0.25) is 4.79 Å². The second-order valence-corrected chi connectivity index (χ2v) is 5.07. The monoisotopic (exact) mass is 258 g/mol. The van der Waals surface area contributed by atoms with E-state index in [2.05, 4.69) is 45.1 Å². The van der Waals surface area contributed by atoms with Gasteiger partial charge in [-0.1, -0.05) is 53.2 Å². The van der Waals surface area contributed by atoms with Gasteiger partial charge in [-0.05, 0) is 53.5 Å². The van der Waals surface area contributed by atoms with Crippen molar-refractivity contribution in [3.05, 3.63) is 59.3 Å². The van der Waals surface area contributed by atoms with Crippen LogP contribution in [0.2, 0.25) is 0 Å². The first kappa shape index (κ1) is 17.4. The minimum Gasteiger partial charge on any atom is -0.295 e. The van der Waals surface area contributed by atoms with E-state index in [1.807, 2.05) is 13.0 Å². The number of hydrogen-bond donors (Lipinski definition) is 0. The quantitative estimate of drug-likeness (QED) is 0.343. The molecule has 104 valence electrons. The summed E-state index contributed by atoms with van der Waals surface area (Å²) in [5.41, 5.74) is 3.88. The molecule has 19 heavy (non-hydrogen) atoms. The summed E-state index contributed by atoms with van der Waals surface area (Å²) in [5, 5.41) is 0. The Balaban J connectivity index is 4.25. The van der Waals surface area contributed by atoms with E-state index in [4.69, 9.17) is 0 Å². The molecule has 0 spiro atoms. The SMILES string of the molecule is CC(=O)/C=C/C=C(C)\C=C/C=C(\C)CCC=C(C)C. The van der Waals surface area contributed by atoms with E-state index in [1.165, 1.54) is 11.1 Å². The number of hydrogen-bond acceptors (Lipinski definition) is 1. The van der Waals surface area contributed by atoms with Crippen LogP contribution in [0.4, 0.5) is 0 Å². The van der Waals surface area contributed by atoms with E-state index in [0.29, 0.717) is 0 Å². The molecule has 0 unspecified atom stereocenters. The van der Waals surface area contributed by atoms with Gasteiger partial charge in [0.2, 0.25) is 0 Å². The zero-order chi connectivity index (χ0) is 14.7. The molecule has 0 saturated carbocycles. The maximum atomic E-state index is 10.7. The molecule has 0 aliphatic carbocycles. The first-order valence-corrected chi connectivity index (χ1v) is 6.74. The van der Waals surface area contributed by atoms with Gasteiger partial charge in [0, 0.05) is 0 Å². The first-order valence-electron chi connectivity index (χ1n) is 6.74. The van der Waals surface area contributed by atoms with Gasteiger partial charge in [0.05, 0.1) is 0 Å². The van der Waals surface area contributed by atoms with Crippen LogP contribution in [0.15, 0.2) is 59.3 Å². The maximum absolute atomic E-state index is 10.7. The van der Waals surface area contributed by atoms with Crippen molar-refractivity contribution >= 4 is 5.78 Å². The van der Waals surface area contributed by atoms with Gasteiger partial charge in [-0.2, -0.15) is 0 Å². The average Bonchev–Trinajstić information content (AvgIpc) is 2.27. The number of ketones is 1. The number of carbonyl (C=O) groups is 1. The minimum atomic E-state index is 0.0723. The molecule has 0 aromatic heterocycles. The van der Waals surface area contributed by atoms with Crippen LogP contribution in [-0.4, -0.2) is 5.78 Å². The van der Waals surface area contributed by atoms with Crippen LogP contribution in [0.3, 0.4) is 0 Å². The Morgan fingerprint density at radius 3 is 2.11 bits per heavy atom. The molecule has 0 rings (SSSR count). The van der Waals surface area contributed by atoms with Crippen molar-refractivity contribution in [2.24, 2.45) is 0 Å². The molecule has 0 atom stereocenters. The summed E-state index contributed by atoms with van der Waals surface area (Å²) in [6.07, 6.45) is 16.0. The van der Waals surface area contributed by atoms with Crippen LogP contribution >= 0.6 is 0 Å². The van der Waals surface area contributed by atoms with Gasteiger partial charge >= 0.3 is 0 Å². The Morgan fingerprint density at radius 2 is 1.53 bits per heavy atom.